The van der Waals surface area contributed by atoms with E-state index in [2.05, 4.69) is 17.1 Å². The second-order valence-corrected chi connectivity index (χ2v) is 4.93. The first-order chi connectivity index (χ1) is 9.13. The van der Waals surface area contributed by atoms with Crippen LogP contribution in [0.1, 0.15) is 5.69 Å². The molecular weight excluding hydrogens is 258 g/mol. The molecule has 0 bridgehead atoms. The van der Waals surface area contributed by atoms with Crippen LogP contribution in [-0.4, -0.2) is 10.1 Å². The standard InChI is InChI=1S/C16H12ClNO/c1-10-2-3-13-8-11(5-7-15(13)18-10)12-4-6-14(17)16(19)9-12/h2-9,19H,1H3. The molecule has 0 aliphatic rings. The van der Waals surface area contributed by atoms with E-state index >= 15 is 0 Å². The third-order valence-corrected chi connectivity index (χ3v) is 3.43. The molecule has 0 spiro atoms. The lowest BCUT2D eigenvalue weighted by atomic mass is 10.0. The van der Waals surface area contributed by atoms with Crippen molar-refractivity contribution < 1.29 is 5.11 Å². The molecule has 0 unspecified atom stereocenters. The van der Waals surface area contributed by atoms with E-state index in [0.29, 0.717) is 5.02 Å². The molecule has 2 nitrogen and oxygen atoms in total. The summed E-state index contributed by atoms with van der Waals surface area (Å²) in [5.74, 6) is 0.0984. The molecule has 94 valence electrons. The fraction of sp³-hybridized carbons (Fsp3) is 0.0625. The molecule has 0 amide bonds. The molecule has 1 aromatic heterocycles. The molecule has 3 heteroatoms. The molecule has 19 heavy (non-hydrogen) atoms. The summed E-state index contributed by atoms with van der Waals surface area (Å²) in [6.45, 7) is 1.98. The van der Waals surface area contributed by atoms with Crippen LogP contribution in [0.15, 0.2) is 48.5 Å². The van der Waals surface area contributed by atoms with Gasteiger partial charge in [-0.15, -0.1) is 0 Å². The van der Waals surface area contributed by atoms with Gasteiger partial charge in [-0.2, -0.15) is 0 Å². The van der Waals surface area contributed by atoms with Crippen molar-refractivity contribution in [2.45, 2.75) is 6.92 Å². The van der Waals surface area contributed by atoms with E-state index in [0.717, 1.165) is 27.7 Å². The Hall–Kier alpha value is -2.06. The van der Waals surface area contributed by atoms with Gasteiger partial charge in [-0.3, -0.25) is 4.98 Å². The largest absolute Gasteiger partial charge is 0.506 e. The molecular formula is C16H12ClNO. The van der Waals surface area contributed by atoms with Gasteiger partial charge in [0.05, 0.1) is 10.5 Å². The number of aryl methyl sites for hydroxylation is 1. The Balaban J connectivity index is 2.14. The van der Waals surface area contributed by atoms with Crippen molar-refractivity contribution in [3.63, 3.8) is 0 Å². The molecule has 3 aromatic rings. The summed E-state index contributed by atoms with van der Waals surface area (Å²) in [6.07, 6.45) is 0. The highest BCUT2D eigenvalue weighted by atomic mass is 35.5. The normalized spacial score (nSPS) is 10.8. The Kier molecular flexibility index (Phi) is 2.88. The lowest BCUT2D eigenvalue weighted by Crippen LogP contribution is -1.84. The van der Waals surface area contributed by atoms with Crippen molar-refractivity contribution in [1.29, 1.82) is 0 Å². The van der Waals surface area contributed by atoms with Crippen LogP contribution in [-0.2, 0) is 0 Å². The molecule has 0 aliphatic heterocycles. The summed E-state index contributed by atoms with van der Waals surface area (Å²) in [5, 5.41) is 11.1. The van der Waals surface area contributed by atoms with E-state index in [1.807, 2.05) is 31.2 Å². The number of aromatic nitrogens is 1. The summed E-state index contributed by atoms with van der Waals surface area (Å²) < 4.78 is 0. The summed E-state index contributed by atoms with van der Waals surface area (Å²) in [5.41, 5.74) is 3.95. The van der Waals surface area contributed by atoms with Crippen molar-refractivity contribution >= 4 is 22.5 Å². The minimum absolute atomic E-state index is 0.0984. The van der Waals surface area contributed by atoms with Crippen molar-refractivity contribution in [3.8, 4) is 16.9 Å². The molecule has 3 rings (SSSR count). The zero-order valence-electron chi connectivity index (χ0n) is 10.4. The van der Waals surface area contributed by atoms with E-state index in [4.69, 9.17) is 11.6 Å². The highest BCUT2D eigenvalue weighted by Crippen LogP contribution is 2.30. The first-order valence-electron chi connectivity index (χ1n) is 6.00. The average molecular weight is 270 g/mol. The molecule has 0 aliphatic carbocycles. The molecule has 0 saturated heterocycles. The van der Waals surface area contributed by atoms with Gasteiger partial charge in [0.1, 0.15) is 5.75 Å². The number of phenolic OH excluding ortho intramolecular Hbond substituents is 1. The fourth-order valence-electron chi connectivity index (χ4n) is 2.10. The zero-order chi connectivity index (χ0) is 13.4. The van der Waals surface area contributed by atoms with E-state index < -0.39 is 0 Å². The number of hydrogen-bond donors (Lipinski definition) is 1. The van der Waals surface area contributed by atoms with Gasteiger partial charge in [-0.1, -0.05) is 29.8 Å². The maximum absolute atomic E-state index is 9.67. The minimum atomic E-state index is 0.0984. The summed E-state index contributed by atoms with van der Waals surface area (Å²) >= 11 is 5.82. The van der Waals surface area contributed by atoms with Crippen LogP contribution in [0, 0.1) is 6.92 Å². The van der Waals surface area contributed by atoms with Crippen LogP contribution < -0.4 is 0 Å². The zero-order valence-corrected chi connectivity index (χ0v) is 11.1. The Bertz CT molecular complexity index is 768. The molecule has 0 atom stereocenters. The molecule has 1 N–H and O–H groups in total. The Morgan fingerprint density at radius 2 is 1.68 bits per heavy atom. The predicted molar refractivity (Wildman–Crippen MR) is 78.6 cm³/mol. The molecule has 0 fully saturated rings. The van der Waals surface area contributed by atoms with Gasteiger partial charge < -0.3 is 5.11 Å². The minimum Gasteiger partial charge on any atom is -0.506 e. The van der Waals surface area contributed by atoms with Gasteiger partial charge >= 0.3 is 0 Å². The molecule has 0 saturated carbocycles. The molecule has 2 aromatic carbocycles. The maximum Gasteiger partial charge on any atom is 0.134 e. The van der Waals surface area contributed by atoms with Crippen LogP contribution in [0.2, 0.25) is 5.02 Å². The van der Waals surface area contributed by atoms with E-state index in [1.165, 1.54) is 0 Å². The monoisotopic (exact) mass is 269 g/mol. The quantitative estimate of drug-likeness (QED) is 0.702. The average Bonchev–Trinajstić information content (AvgIpc) is 2.41. The number of benzene rings is 2. The predicted octanol–water partition coefficient (Wildman–Crippen LogP) is 4.57. The summed E-state index contributed by atoms with van der Waals surface area (Å²) in [4.78, 5) is 4.47. The SMILES string of the molecule is Cc1ccc2cc(-c3ccc(Cl)c(O)c3)ccc2n1. The van der Waals surface area contributed by atoms with Gasteiger partial charge in [-0.25, -0.2) is 0 Å². The Labute approximate surface area is 116 Å². The second kappa shape index (κ2) is 4.56. The van der Waals surface area contributed by atoms with E-state index in [-0.39, 0.29) is 5.75 Å². The van der Waals surface area contributed by atoms with Crippen LogP contribution >= 0.6 is 11.6 Å². The summed E-state index contributed by atoms with van der Waals surface area (Å²) in [7, 11) is 0. The summed E-state index contributed by atoms with van der Waals surface area (Å²) in [6, 6.07) is 15.4. The van der Waals surface area contributed by atoms with Crippen LogP contribution in [0.5, 0.6) is 5.75 Å². The highest BCUT2D eigenvalue weighted by Gasteiger charge is 2.04. The highest BCUT2D eigenvalue weighted by molar-refractivity contribution is 6.32. The topological polar surface area (TPSA) is 33.1 Å². The number of phenols is 1. The van der Waals surface area contributed by atoms with E-state index in [9.17, 15) is 5.11 Å². The van der Waals surface area contributed by atoms with Crippen molar-refractivity contribution in [2.24, 2.45) is 0 Å². The molecule has 1 heterocycles. The smallest absolute Gasteiger partial charge is 0.134 e. The van der Waals surface area contributed by atoms with Gasteiger partial charge in [0.25, 0.3) is 0 Å². The van der Waals surface area contributed by atoms with Crippen molar-refractivity contribution in [3.05, 3.63) is 59.2 Å². The van der Waals surface area contributed by atoms with Crippen LogP contribution in [0.25, 0.3) is 22.0 Å². The lowest BCUT2D eigenvalue weighted by Gasteiger charge is -2.06. The lowest BCUT2D eigenvalue weighted by molar-refractivity contribution is 0.476. The number of aromatic hydroxyl groups is 1. The first kappa shape index (κ1) is 12.0. The number of pyridine rings is 1. The number of nitrogens with zero attached hydrogens (tertiary/aromatic N) is 1. The van der Waals surface area contributed by atoms with Crippen LogP contribution in [0.3, 0.4) is 0 Å². The number of rotatable bonds is 1. The van der Waals surface area contributed by atoms with E-state index in [1.54, 1.807) is 12.1 Å². The van der Waals surface area contributed by atoms with Gasteiger partial charge in [-0.05, 0) is 48.4 Å². The van der Waals surface area contributed by atoms with Crippen LogP contribution in [0.4, 0.5) is 0 Å². The maximum atomic E-state index is 9.67. The Morgan fingerprint density at radius 3 is 2.47 bits per heavy atom. The fourth-order valence-corrected chi connectivity index (χ4v) is 2.22. The van der Waals surface area contributed by atoms with Gasteiger partial charge in [0.15, 0.2) is 0 Å². The third kappa shape index (κ3) is 2.27. The number of hydrogen-bond acceptors (Lipinski definition) is 2. The Morgan fingerprint density at radius 1 is 0.947 bits per heavy atom. The molecule has 0 radical (unpaired) electrons. The number of fused-ring (bicyclic) bond motifs is 1. The first-order valence-corrected chi connectivity index (χ1v) is 6.37. The van der Waals surface area contributed by atoms with Crippen molar-refractivity contribution in [1.82, 2.24) is 4.98 Å². The third-order valence-electron chi connectivity index (χ3n) is 3.11. The van der Waals surface area contributed by atoms with Gasteiger partial charge in [0, 0.05) is 11.1 Å². The van der Waals surface area contributed by atoms with Gasteiger partial charge in [0.2, 0.25) is 0 Å². The number of halogens is 1. The second-order valence-electron chi connectivity index (χ2n) is 4.53. The van der Waals surface area contributed by atoms with Crippen molar-refractivity contribution in [2.75, 3.05) is 0 Å².